The summed E-state index contributed by atoms with van der Waals surface area (Å²) < 4.78 is 2.38. The first-order chi connectivity index (χ1) is 14.1. The molecule has 0 aliphatic carbocycles. The zero-order valence-electron chi connectivity index (χ0n) is 16.9. The van der Waals surface area contributed by atoms with E-state index in [2.05, 4.69) is 54.6 Å². The molecule has 1 fully saturated rings. The molecule has 1 saturated heterocycles. The third-order valence-corrected chi connectivity index (χ3v) is 6.55. The highest BCUT2D eigenvalue weighted by Gasteiger charge is 2.37. The Hall–Kier alpha value is -2.89. The first-order valence-corrected chi connectivity index (χ1v) is 10.3. The van der Waals surface area contributed by atoms with Gasteiger partial charge in [-0.2, -0.15) is 0 Å². The quantitative estimate of drug-likeness (QED) is 0.371. The van der Waals surface area contributed by atoms with Crippen LogP contribution in [0, 0.1) is 6.92 Å². The Morgan fingerprint density at radius 2 is 2.21 bits per heavy atom. The summed E-state index contributed by atoms with van der Waals surface area (Å²) in [4.78, 5) is 14.5. The Morgan fingerprint density at radius 1 is 1.31 bits per heavy atom. The van der Waals surface area contributed by atoms with Gasteiger partial charge >= 0.3 is 0 Å². The lowest BCUT2D eigenvalue weighted by atomic mass is 9.95. The minimum Gasteiger partial charge on any atom is -0.343 e. The number of hydrogen-bond acceptors (Lipinski definition) is 4. The van der Waals surface area contributed by atoms with Gasteiger partial charge in [-0.15, -0.1) is 0 Å². The van der Waals surface area contributed by atoms with Gasteiger partial charge < -0.3 is 4.57 Å². The molecule has 7 heteroatoms. The summed E-state index contributed by atoms with van der Waals surface area (Å²) in [6.07, 6.45) is 8.51. The van der Waals surface area contributed by atoms with Gasteiger partial charge in [0.15, 0.2) is 0 Å². The van der Waals surface area contributed by atoms with Crippen molar-refractivity contribution >= 4 is 10.9 Å². The summed E-state index contributed by atoms with van der Waals surface area (Å²) in [6.45, 7) is 6.95. The van der Waals surface area contributed by atoms with E-state index in [4.69, 9.17) is 0 Å². The molecule has 0 bridgehead atoms. The van der Waals surface area contributed by atoms with E-state index in [-0.39, 0.29) is 0 Å². The molecule has 2 aromatic heterocycles. The molecular weight excluding hydrogens is 362 g/mol. The van der Waals surface area contributed by atoms with Crippen LogP contribution in [0.2, 0.25) is 0 Å². The molecule has 0 saturated carbocycles. The molecule has 7 nitrogen and oxygen atoms in total. The molecule has 0 spiro atoms. The van der Waals surface area contributed by atoms with Crippen LogP contribution in [0.15, 0.2) is 41.9 Å². The van der Waals surface area contributed by atoms with Gasteiger partial charge in [0.2, 0.25) is 0 Å². The van der Waals surface area contributed by atoms with Gasteiger partial charge in [-0.3, -0.25) is 14.9 Å². The number of aromatic nitrogens is 3. The van der Waals surface area contributed by atoms with Gasteiger partial charge in [0.1, 0.15) is 5.54 Å². The van der Waals surface area contributed by atoms with Crippen molar-refractivity contribution in [1.82, 2.24) is 19.4 Å². The zero-order chi connectivity index (χ0) is 20.0. The molecule has 2 atom stereocenters. The maximum absolute atomic E-state index is 9.30. The zero-order valence-corrected chi connectivity index (χ0v) is 16.9. The number of benzene rings is 1. The van der Waals surface area contributed by atoms with E-state index in [1.807, 2.05) is 6.92 Å². The van der Waals surface area contributed by atoms with E-state index in [0.29, 0.717) is 18.3 Å². The van der Waals surface area contributed by atoms with Crippen LogP contribution in [0.3, 0.4) is 0 Å². The summed E-state index contributed by atoms with van der Waals surface area (Å²) in [5, 5.41) is 5.53. The van der Waals surface area contributed by atoms with Crippen molar-refractivity contribution in [1.29, 1.82) is 0 Å². The van der Waals surface area contributed by atoms with Crippen LogP contribution in [0.1, 0.15) is 48.3 Å². The second-order valence-electron chi connectivity index (χ2n) is 8.47. The average molecular weight is 387 g/mol. The predicted octanol–water partition coefficient (Wildman–Crippen LogP) is 4.66. The van der Waals surface area contributed by atoms with Gasteiger partial charge in [0.05, 0.1) is 5.69 Å². The van der Waals surface area contributed by atoms with Crippen molar-refractivity contribution in [2.24, 2.45) is 5.11 Å². The van der Waals surface area contributed by atoms with E-state index in [0.717, 1.165) is 13.0 Å². The third-order valence-electron chi connectivity index (χ3n) is 6.55. The van der Waals surface area contributed by atoms with Gasteiger partial charge in [0, 0.05) is 65.7 Å². The average Bonchev–Trinajstić information content (AvgIpc) is 3.31. The second kappa shape index (κ2) is 6.87. The molecule has 2 unspecified atom stereocenters. The normalized spacial score (nSPS) is 20.7. The molecule has 2 aliphatic rings. The minimum absolute atomic E-state index is 0.506. The summed E-state index contributed by atoms with van der Waals surface area (Å²) in [5.41, 5.74) is 14.6. The van der Waals surface area contributed by atoms with Crippen LogP contribution in [0.5, 0.6) is 0 Å². The molecule has 148 valence electrons. The van der Waals surface area contributed by atoms with Crippen LogP contribution < -0.4 is 0 Å². The smallest absolute Gasteiger partial charge is 0.107 e. The van der Waals surface area contributed by atoms with Gasteiger partial charge in [-0.1, -0.05) is 16.7 Å². The predicted molar refractivity (Wildman–Crippen MR) is 112 cm³/mol. The molecule has 2 aliphatic heterocycles. The maximum Gasteiger partial charge on any atom is 0.107 e. The van der Waals surface area contributed by atoms with Crippen LogP contribution in [0.25, 0.3) is 21.3 Å². The van der Waals surface area contributed by atoms with E-state index < -0.39 is 5.54 Å². The number of aryl methyl sites for hydroxylation is 1. The Kier molecular flexibility index (Phi) is 4.30. The first kappa shape index (κ1) is 18.2. The number of fused-ring (bicyclic) bond motifs is 5. The topological polar surface area (TPSA) is 82.7 Å². The van der Waals surface area contributed by atoms with Crippen LogP contribution in [-0.2, 0) is 18.5 Å². The fourth-order valence-corrected chi connectivity index (χ4v) is 5.19. The van der Waals surface area contributed by atoms with E-state index in [1.165, 1.54) is 47.1 Å². The summed E-state index contributed by atoms with van der Waals surface area (Å²) in [6, 6.07) is 7.21. The fourth-order valence-electron chi connectivity index (χ4n) is 5.19. The standard InChI is InChI=1S/C22H25N7/c1-15-5-6-17-16(12-15)21-18-4-3-10-28(18)11-7-19(21)29(17)14-22(2,26-27-23)20-13-24-8-9-25-20/h5-6,8-9,12-13,18H,3-4,7,10-11,14H2,1-2H3. The minimum atomic E-state index is -0.805. The molecule has 5 rings (SSSR count). The Labute approximate surface area is 170 Å². The van der Waals surface area contributed by atoms with Crippen molar-refractivity contribution in [3.05, 3.63) is 69.7 Å². The van der Waals surface area contributed by atoms with Gasteiger partial charge in [-0.05, 0) is 56.5 Å². The molecule has 1 aromatic carbocycles. The highest BCUT2D eigenvalue weighted by atomic mass is 15.2. The van der Waals surface area contributed by atoms with Crippen molar-refractivity contribution < 1.29 is 0 Å². The molecule has 0 N–H and O–H groups in total. The van der Waals surface area contributed by atoms with Gasteiger partial charge in [-0.25, -0.2) is 0 Å². The van der Waals surface area contributed by atoms with E-state index in [1.54, 1.807) is 18.6 Å². The molecule has 29 heavy (non-hydrogen) atoms. The molecule has 4 heterocycles. The van der Waals surface area contributed by atoms with Crippen LogP contribution in [-0.4, -0.2) is 32.5 Å². The Bertz CT molecular complexity index is 1110. The summed E-state index contributed by atoms with van der Waals surface area (Å²) >= 11 is 0. The molecular formula is C22H25N7. The Balaban J connectivity index is 1.70. The largest absolute Gasteiger partial charge is 0.343 e. The third kappa shape index (κ3) is 2.89. The lowest BCUT2D eigenvalue weighted by Crippen LogP contribution is -2.33. The summed E-state index contributed by atoms with van der Waals surface area (Å²) in [5.74, 6) is 0. The SMILES string of the molecule is Cc1ccc2c(c1)c1c(n2CC(C)(N=[N+]=[N-])c2cnccn2)CCN2CCCC12. The summed E-state index contributed by atoms with van der Waals surface area (Å²) in [7, 11) is 0. The van der Waals surface area contributed by atoms with Crippen molar-refractivity contribution in [2.75, 3.05) is 13.1 Å². The lowest BCUT2D eigenvalue weighted by molar-refractivity contribution is 0.240. The highest BCUT2D eigenvalue weighted by Crippen LogP contribution is 2.44. The van der Waals surface area contributed by atoms with Crippen molar-refractivity contribution in [2.45, 2.75) is 51.2 Å². The number of rotatable bonds is 4. The van der Waals surface area contributed by atoms with E-state index in [9.17, 15) is 5.53 Å². The van der Waals surface area contributed by atoms with Crippen LogP contribution in [0.4, 0.5) is 0 Å². The second-order valence-corrected chi connectivity index (χ2v) is 8.47. The number of azide groups is 1. The van der Waals surface area contributed by atoms with Gasteiger partial charge in [0.25, 0.3) is 0 Å². The fraction of sp³-hybridized carbons (Fsp3) is 0.455. The number of hydrogen-bond donors (Lipinski definition) is 0. The molecule has 0 radical (unpaired) electrons. The highest BCUT2D eigenvalue weighted by molar-refractivity contribution is 5.87. The van der Waals surface area contributed by atoms with E-state index >= 15 is 0 Å². The van der Waals surface area contributed by atoms with Crippen molar-refractivity contribution in [3.8, 4) is 0 Å². The molecule has 3 aromatic rings. The monoisotopic (exact) mass is 387 g/mol. The van der Waals surface area contributed by atoms with Crippen LogP contribution >= 0.6 is 0 Å². The van der Waals surface area contributed by atoms with Crippen molar-refractivity contribution in [3.63, 3.8) is 0 Å². The lowest BCUT2D eigenvalue weighted by Gasteiger charge is -2.32. The molecule has 0 amide bonds. The first-order valence-electron chi connectivity index (χ1n) is 10.3. The Morgan fingerprint density at radius 3 is 3.00 bits per heavy atom. The maximum atomic E-state index is 9.30. The number of nitrogens with zero attached hydrogens (tertiary/aromatic N) is 7.